The lowest BCUT2D eigenvalue weighted by atomic mass is 9.99. The van der Waals surface area contributed by atoms with Crippen LogP contribution >= 0.6 is 0 Å². The van der Waals surface area contributed by atoms with Crippen molar-refractivity contribution in [3.8, 4) is 0 Å². The summed E-state index contributed by atoms with van der Waals surface area (Å²) in [6.07, 6.45) is 3.27. The largest absolute Gasteiger partial charge is 0.319 e. The maximum atomic E-state index is 4.83. The molecule has 0 amide bonds. The highest BCUT2D eigenvalue weighted by molar-refractivity contribution is 5.39. The molecule has 3 heteroatoms. The molecule has 1 heterocycles. The lowest BCUT2D eigenvalue weighted by Crippen LogP contribution is -2.15. The van der Waals surface area contributed by atoms with E-state index in [9.17, 15) is 0 Å². The minimum atomic E-state index is 0.372. The highest BCUT2D eigenvalue weighted by Gasteiger charge is 2.26. The van der Waals surface area contributed by atoms with E-state index >= 15 is 0 Å². The highest BCUT2D eigenvalue weighted by Crippen LogP contribution is 2.36. The van der Waals surface area contributed by atoms with Gasteiger partial charge in [0.15, 0.2) is 0 Å². The summed E-state index contributed by atoms with van der Waals surface area (Å²) in [4.78, 5) is 9.66. The first-order chi connectivity index (χ1) is 10.2. The van der Waals surface area contributed by atoms with Crippen LogP contribution in [-0.2, 0) is 12.8 Å². The second-order valence-electron chi connectivity index (χ2n) is 5.87. The Morgan fingerprint density at radius 3 is 2.57 bits per heavy atom. The van der Waals surface area contributed by atoms with Crippen LogP contribution in [0.4, 0.5) is 0 Å². The summed E-state index contributed by atoms with van der Waals surface area (Å²) in [6, 6.07) is 8.71. The number of aromatic nitrogens is 2. The van der Waals surface area contributed by atoms with Crippen LogP contribution in [0.5, 0.6) is 0 Å². The molecule has 1 aromatic carbocycles. The van der Waals surface area contributed by atoms with Crippen molar-refractivity contribution in [2.24, 2.45) is 0 Å². The predicted molar refractivity (Wildman–Crippen MR) is 85.7 cm³/mol. The molecule has 0 bridgehead atoms. The molecule has 0 saturated heterocycles. The Kier molecular flexibility index (Phi) is 4.02. The van der Waals surface area contributed by atoms with Crippen LogP contribution in [0, 0.1) is 13.8 Å². The van der Waals surface area contributed by atoms with Gasteiger partial charge in [0.1, 0.15) is 5.82 Å². The zero-order valence-corrected chi connectivity index (χ0v) is 13.1. The van der Waals surface area contributed by atoms with Crippen molar-refractivity contribution >= 4 is 0 Å². The van der Waals surface area contributed by atoms with Crippen molar-refractivity contribution in [2.45, 2.75) is 39.0 Å². The van der Waals surface area contributed by atoms with E-state index in [2.05, 4.69) is 43.4 Å². The van der Waals surface area contributed by atoms with Gasteiger partial charge in [0.2, 0.25) is 0 Å². The fourth-order valence-electron chi connectivity index (χ4n) is 3.36. The summed E-state index contributed by atoms with van der Waals surface area (Å²) >= 11 is 0. The van der Waals surface area contributed by atoms with Gasteiger partial charge in [-0.2, -0.15) is 0 Å². The molecule has 0 radical (unpaired) electrons. The second-order valence-corrected chi connectivity index (χ2v) is 5.87. The lowest BCUT2D eigenvalue weighted by Gasteiger charge is -2.15. The summed E-state index contributed by atoms with van der Waals surface area (Å²) in [5, 5.41) is 3.20. The fraction of sp³-hybridized carbons (Fsp3) is 0.444. The first kappa shape index (κ1) is 14.2. The summed E-state index contributed by atoms with van der Waals surface area (Å²) in [5.74, 6) is 1.38. The van der Waals surface area contributed by atoms with E-state index in [4.69, 9.17) is 9.97 Å². The third-order valence-corrected chi connectivity index (χ3v) is 4.51. The van der Waals surface area contributed by atoms with Crippen LogP contribution in [0.25, 0.3) is 0 Å². The molecule has 0 saturated carbocycles. The van der Waals surface area contributed by atoms with E-state index in [-0.39, 0.29) is 0 Å². The number of rotatable bonds is 4. The van der Waals surface area contributed by atoms with E-state index in [1.807, 2.05) is 7.05 Å². The van der Waals surface area contributed by atoms with Gasteiger partial charge in [0.25, 0.3) is 0 Å². The quantitative estimate of drug-likeness (QED) is 0.936. The van der Waals surface area contributed by atoms with E-state index in [0.29, 0.717) is 5.92 Å². The zero-order chi connectivity index (χ0) is 14.8. The SMILES string of the molecule is CNCCc1c(C)nc(C2CCc3ccccc32)nc1C. The standard InChI is InChI=1S/C18H23N3/c1-12-15(10-11-19-3)13(2)21-18(20-12)17-9-8-14-6-4-5-7-16(14)17/h4-7,17,19H,8-11H2,1-3H3. The van der Waals surface area contributed by atoms with E-state index in [1.54, 1.807) is 0 Å². The van der Waals surface area contributed by atoms with Crippen molar-refractivity contribution in [2.75, 3.05) is 13.6 Å². The first-order valence-electron chi connectivity index (χ1n) is 7.77. The van der Waals surface area contributed by atoms with Crippen LogP contribution in [0.3, 0.4) is 0 Å². The topological polar surface area (TPSA) is 37.8 Å². The van der Waals surface area contributed by atoms with E-state index in [1.165, 1.54) is 16.7 Å². The van der Waals surface area contributed by atoms with Gasteiger partial charge in [0.05, 0.1) is 0 Å². The molecule has 3 rings (SSSR count). The van der Waals surface area contributed by atoms with Gasteiger partial charge >= 0.3 is 0 Å². The van der Waals surface area contributed by atoms with E-state index < -0.39 is 0 Å². The maximum Gasteiger partial charge on any atom is 0.136 e. The van der Waals surface area contributed by atoms with Crippen molar-refractivity contribution < 1.29 is 0 Å². The second kappa shape index (κ2) is 5.94. The Balaban J connectivity index is 1.94. The number of hydrogen-bond acceptors (Lipinski definition) is 3. The third-order valence-electron chi connectivity index (χ3n) is 4.51. The Morgan fingerprint density at radius 2 is 1.86 bits per heavy atom. The van der Waals surface area contributed by atoms with Crippen LogP contribution in [0.15, 0.2) is 24.3 Å². The number of fused-ring (bicyclic) bond motifs is 1. The summed E-state index contributed by atoms with van der Waals surface area (Å²) in [5.41, 5.74) is 6.44. The van der Waals surface area contributed by atoms with Gasteiger partial charge in [-0.15, -0.1) is 0 Å². The van der Waals surface area contributed by atoms with Crippen LogP contribution in [0.1, 0.15) is 46.2 Å². The Bertz CT molecular complexity index is 626. The Labute approximate surface area is 126 Å². The molecule has 0 spiro atoms. The number of aryl methyl sites for hydroxylation is 3. The predicted octanol–water partition coefficient (Wildman–Crippen LogP) is 2.93. The highest BCUT2D eigenvalue weighted by atomic mass is 14.9. The van der Waals surface area contributed by atoms with Crippen molar-refractivity contribution in [1.29, 1.82) is 0 Å². The molecule has 1 N–H and O–H groups in total. The molecule has 2 aromatic rings. The molecule has 1 aliphatic rings. The van der Waals surface area contributed by atoms with Gasteiger partial charge in [-0.3, -0.25) is 0 Å². The monoisotopic (exact) mass is 281 g/mol. The van der Waals surface area contributed by atoms with Gasteiger partial charge in [-0.05, 0) is 63.4 Å². The minimum Gasteiger partial charge on any atom is -0.319 e. The van der Waals surface area contributed by atoms with Crippen LogP contribution in [-0.4, -0.2) is 23.6 Å². The average Bonchev–Trinajstić information content (AvgIpc) is 2.90. The Morgan fingerprint density at radius 1 is 1.14 bits per heavy atom. The molecule has 110 valence electrons. The molecule has 1 unspecified atom stereocenters. The molecule has 3 nitrogen and oxygen atoms in total. The van der Waals surface area contributed by atoms with Gasteiger partial charge in [0, 0.05) is 17.3 Å². The number of nitrogens with one attached hydrogen (secondary N) is 1. The molecule has 1 atom stereocenters. The molecular formula is C18H23N3. The number of benzene rings is 1. The lowest BCUT2D eigenvalue weighted by molar-refractivity contribution is 0.704. The average molecular weight is 281 g/mol. The number of likely N-dealkylation sites (N-methyl/N-ethyl adjacent to an activating group) is 1. The summed E-state index contributed by atoms with van der Waals surface area (Å²) < 4.78 is 0. The first-order valence-corrected chi connectivity index (χ1v) is 7.77. The normalized spacial score (nSPS) is 17.0. The molecule has 0 aliphatic heterocycles. The summed E-state index contributed by atoms with van der Waals surface area (Å²) in [6.45, 7) is 5.20. The number of nitrogens with zero attached hydrogens (tertiary/aromatic N) is 2. The van der Waals surface area contributed by atoms with Crippen LogP contribution in [0.2, 0.25) is 0 Å². The molecule has 1 aliphatic carbocycles. The number of hydrogen-bond donors (Lipinski definition) is 1. The smallest absolute Gasteiger partial charge is 0.136 e. The van der Waals surface area contributed by atoms with Crippen molar-refractivity contribution in [1.82, 2.24) is 15.3 Å². The zero-order valence-electron chi connectivity index (χ0n) is 13.1. The fourth-order valence-corrected chi connectivity index (χ4v) is 3.36. The van der Waals surface area contributed by atoms with Gasteiger partial charge in [-0.25, -0.2) is 9.97 Å². The summed E-state index contributed by atoms with van der Waals surface area (Å²) in [7, 11) is 1.98. The van der Waals surface area contributed by atoms with Crippen LogP contribution < -0.4 is 5.32 Å². The minimum absolute atomic E-state index is 0.372. The Hall–Kier alpha value is -1.74. The molecule has 21 heavy (non-hydrogen) atoms. The van der Waals surface area contributed by atoms with Crippen molar-refractivity contribution in [3.63, 3.8) is 0 Å². The van der Waals surface area contributed by atoms with Gasteiger partial charge in [-0.1, -0.05) is 24.3 Å². The third kappa shape index (κ3) is 2.70. The van der Waals surface area contributed by atoms with Crippen molar-refractivity contribution in [3.05, 3.63) is 58.2 Å². The molecule has 1 aromatic heterocycles. The van der Waals surface area contributed by atoms with E-state index in [0.717, 1.165) is 43.0 Å². The molecule has 0 fully saturated rings. The van der Waals surface area contributed by atoms with Gasteiger partial charge < -0.3 is 5.32 Å². The molecular weight excluding hydrogens is 258 g/mol. The maximum absolute atomic E-state index is 4.83.